The zero-order valence-corrected chi connectivity index (χ0v) is 15.2. The molecule has 0 aliphatic carbocycles. The topological polar surface area (TPSA) is 81.8 Å². The molecule has 0 spiro atoms. The van der Waals surface area contributed by atoms with Crippen LogP contribution in [0.4, 0.5) is 15.8 Å². The Morgan fingerprint density at radius 1 is 0.893 bits per heavy atom. The van der Waals surface area contributed by atoms with Crippen molar-refractivity contribution in [2.45, 2.75) is 0 Å². The monoisotopic (exact) mass is 384 g/mol. The molecule has 1 fully saturated rings. The van der Waals surface area contributed by atoms with Gasteiger partial charge in [0.15, 0.2) is 0 Å². The van der Waals surface area contributed by atoms with Crippen LogP contribution < -0.4 is 15.5 Å². The van der Waals surface area contributed by atoms with Crippen LogP contribution in [0.15, 0.2) is 54.6 Å². The molecule has 7 nitrogen and oxygen atoms in total. The molecule has 3 rings (SSSR count). The largest absolute Gasteiger partial charge is 0.368 e. The first-order valence-electron chi connectivity index (χ1n) is 8.95. The van der Waals surface area contributed by atoms with E-state index in [9.17, 15) is 18.8 Å². The summed E-state index contributed by atoms with van der Waals surface area (Å²) in [4.78, 5) is 39.6. The van der Waals surface area contributed by atoms with Gasteiger partial charge in [-0.2, -0.15) is 0 Å². The first kappa shape index (κ1) is 19.3. The fraction of sp³-hybridized carbons (Fsp3) is 0.250. The SMILES string of the molecule is O=C(NCC(=O)N1CCN(c2cccc(F)c2)CC1)C(=O)Nc1ccccc1. The maximum atomic E-state index is 13.3. The number of nitrogens with one attached hydrogen (secondary N) is 2. The van der Waals surface area contributed by atoms with Crippen molar-refractivity contribution in [2.75, 3.05) is 42.9 Å². The molecule has 2 N–H and O–H groups in total. The van der Waals surface area contributed by atoms with Crippen molar-refractivity contribution in [1.82, 2.24) is 10.2 Å². The summed E-state index contributed by atoms with van der Waals surface area (Å²) >= 11 is 0. The predicted octanol–water partition coefficient (Wildman–Crippen LogP) is 1.23. The number of carbonyl (C=O) groups excluding carboxylic acids is 3. The van der Waals surface area contributed by atoms with Crippen molar-refractivity contribution < 1.29 is 18.8 Å². The maximum Gasteiger partial charge on any atom is 0.313 e. The molecule has 146 valence electrons. The number of halogens is 1. The van der Waals surface area contributed by atoms with E-state index >= 15 is 0 Å². The number of nitrogens with zero attached hydrogens (tertiary/aromatic N) is 2. The summed E-state index contributed by atoms with van der Waals surface area (Å²) in [6, 6.07) is 14.9. The van der Waals surface area contributed by atoms with Crippen molar-refractivity contribution >= 4 is 29.1 Å². The summed E-state index contributed by atoms with van der Waals surface area (Å²) in [6.45, 7) is 1.80. The summed E-state index contributed by atoms with van der Waals surface area (Å²) in [7, 11) is 0. The van der Waals surface area contributed by atoms with E-state index in [0.717, 1.165) is 5.69 Å². The lowest BCUT2D eigenvalue weighted by Gasteiger charge is -2.36. The van der Waals surface area contributed by atoms with Crippen LogP contribution in [0.1, 0.15) is 0 Å². The van der Waals surface area contributed by atoms with Crippen LogP contribution >= 0.6 is 0 Å². The first-order valence-corrected chi connectivity index (χ1v) is 8.95. The van der Waals surface area contributed by atoms with Gasteiger partial charge in [-0.3, -0.25) is 14.4 Å². The Morgan fingerprint density at radius 2 is 1.61 bits per heavy atom. The maximum absolute atomic E-state index is 13.3. The second-order valence-corrected chi connectivity index (χ2v) is 6.35. The van der Waals surface area contributed by atoms with Gasteiger partial charge in [0.1, 0.15) is 5.82 Å². The van der Waals surface area contributed by atoms with Gasteiger partial charge in [0.2, 0.25) is 5.91 Å². The van der Waals surface area contributed by atoms with Gasteiger partial charge in [-0.25, -0.2) is 4.39 Å². The molecule has 0 aromatic heterocycles. The van der Waals surface area contributed by atoms with Gasteiger partial charge < -0.3 is 20.4 Å². The molecule has 1 heterocycles. The van der Waals surface area contributed by atoms with Gasteiger partial charge >= 0.3 is 11.8 Å². The Kier molecular flexibility index (Phi) is 6.21. The van der Waals surface area contributed by atoms with Gasteiger partial charge in [-0.05, 0) is 30.3 Å². The Hall–Kier alpha value is -3.42. The Balaban J connectivity index is 1.43. The van der Waals surface area contributed by atoms with E-state index < -0.39 is 11.8 Å². The van der Waals surface area contributed by atoms with Gasteiger partial charge in [0.25, 0.3) is 0 Å². The molecule has 8 heteroatoms. The molecule has 2 aromatic carbocycles. The van der Waals surface area contributed by atoms with Crippen LogP contribution in [0.3, 0.4) is 0 Å². The average molecular weight is 384 g/mol. The van der Waals surface area contributed by atoms with Crippen molar-refractivity contribution in [3.8, 4) is 0 Å². The third kappa shape index (κ3) is 5.06. The molecule has 1 saturated heterocycles. The Labute approximate surface area is 162 Å². The number of rotatable bonds is 4. The van der Waals surface area contributed by atoms with Crippen molar-refractivity contribution in [3.63, 3.8) is 0 Å². The zero-order chi connectivity index (χ0) is 19.9. The number of para-hydroxylation sites is 1. The smallest absolute Gasteiger partial charge is 0.313 e. The predicted molar refractivity (Wildman–Crippen MR) is 103 cm³/mol. The average Bonchev–Trinajstić information content (AvgIpc) is 2.72. The molecule has 0 saturated carbocycles. The van der Waals surface area contributed by atoms with E-state index in [4.69, 9.17) is 0 Å². The van der Waals surface area contributed by atoms with E-state index in [1.165, 1.54) is 12.1 Å². The molecule has 0 bridgehead atoms. The molecule has 0 atom stereocenters. The van der Waals surface area contributed by atoms with E-state index in [2.05, 4.69) is 10.6 Å². The van der Waals surface area contributed by atoms with Crippen LogP contribution in [0.25, 0.3) is 0 Å². The fourth-order valence-electron chi connectivity index (χ4n) is 2.94. The number of amides is 3. The van der Waals surface area contributed by atoms with Crippen molar-refractivity contribution in [2.24, 2.45) is 0 Å². The molecule has 28 heavy (non-hydrogen) atoms. The van der Waals surface area contributed by atoms with Gasteiger partial charge in [0, 0.05) is 37.6 Å². The third-order valence-electron chi connectivity index (χ3n) is 4.44. The molecule has 1 aliphatic rings. The van der Waals surface area contributed by atoms with E-state index in [1.807, 2.05) is 11.0 Å². The number of carbonyl (C=O) groups is 3. The molecule has 3 amide bonds. The first-order chi connectivity index (χ1) is 13.5. The minimum absolute atomic E-state index is 0.249. The molecule has 1 aliphatic heterocycles. The van der Waals surface area contributed by atoms with Gasteiger partial charge in [0.05, 0.1) is 6.54 Å². The van der Waals surface area contributed by atoms with Gasteiger partial charge in [-0.1, -0.05) is 24.3 Å². The standard InChI is InChI=1S/C20H21FN4O3/c21-15-5-4-8-17(13-15)24-9-11-25(12-10-24)18(26)14-22-19(27)20(28)23-16-6-2-1-3-7-16/h1-8,13H,9-12,14H2,(H,22,27)(H,23,28). The number of hydrogen-bond donors (Lipinski definition) is 2. The zero-order valence-electron chi connectivity index (χ0n) is 15.2. The molecular formula is C20H21FN4O3. The highest BCUT2D eigenvalue weighted by Gasteiger charge is 2.22. The lowest BCUT2D eigenvalue weighted by molar-refractivity contribution is -0.138. The minimum Gasteiger partial charge on any atom is -0.368 e. The second-order valence-electron chi connectivity index (χ2n) is 6.35. The number of hydrogen-bond acceptors (Lipinski definition) is 4. The summed E-state index contributed by atoms with van der Waals surface area (Å²) < 4.78 is 13.3. The highest BCUT2D eigenvalue weighted by molar-refractivity contribution is 6.39. The Bertz CT molecular complexity index is 852. The minimum atomic E-state index is -0.865. The number of piperazine rings is 1. The van der Waals surface area contributed by atoms with Crippen LogP contribution in [-0.2, 0) is 14.4 Å². The summed E-state index contributed by atoms with van der Waals surface area (Å²) in [5.41, 5.74) is 1.28. The van der Waals surface area contributed by atoms with Crippen LogP contribution in [0, 0.1) is 5.82 Å². The third-order valence-corrected chi connectivity index (χ3v) is 4.44. The van der Waals surface area contributed by atoms with E-state index in [-0.39, 0.29) is 18.3 Å². The van der Waals surface area contributed by atoms with Crippen molar-refractivity contribution in [1.29, 1.82) is 0 Å². The second kappa shape index (κ2) is 8.98. The van der Waals surface area contributed by atoms with Crippen LogP contribution in [0.5, 0.6) is 0 Å². The summed E-state index contributed by atoms with van der Waals surface area (Å²) in [6.07, 6.45) is 0. The van der Waals surface area contributed by atoms with E-state index in [0.29, 0.717) is 31.9 Å². The fourth-order valence-corrected chi connectivity index (χ4v) is 2.94. The number of anilines is 2. The highest BCUT2D eigenvalue weighted by atomic mass is 19.1. The molecular weight excluding hydrogens is 363 g/mol. The highest BCUT2D eigenvalue weighted by Crippen LogP contribution is 2.17. The molecule has 0 radical (unpaired) electrons. The quantitative estimate of drug-likeness (QED) is 0.777. The Morgan fingerprint density at radius 3 is 2.29 bits per heavy atom. The number of benzene rings is 2. The lowest BCUT2D eigenvalue weighted by Crippen LogP contribution is -2.52. The van der Waals surface area contributed by atoms with Crippen molar-refractivity contribution in [3.05, 3.63) is 60.4 Å². The lowest BCUT2D eigenvalue weighted by atomic mass is 10.2. The normalized spacial score (nSPS) is 13.8. The van der Waals surface area contributed by atoms with Crippen LogP contribution in [0.2, 0.25) is 0 Å². The van der Waals surface area contributed by atoms with Gasteiger partial charge in [-0.15, -0.1) is 0 Å². The molecule has 2 aromatic rings. The van der Waals surface area contributed by atoms with E-state index in [1.54, 1.807) is 41.3 Å². The summed E-state index contributed by atoms with van der Waals surface area (Å²) in [5, 5.41) is 4.81. The molecule has 0 unspecified atom stereocenters. The summed E-state index contributed by atoms with van der Waals surface area (Å²) in [5.74, 6) is -2.25. The van der Waals surface area contributed by atoms with Crippen LogP contribution in [-0.4, -0.2) is 55.3 Å².